The van der Waals surface area contributed by atoms with Gasteiger partial charge in [0, 0.05) is 23.3 Å². The van der Waals surface area contributed by atoms with Crippen LogP contribution in [0.15, 0.2) is 66.6 Å². The number of nitrogens with zero attached hydrogens (tertiary/aromatic N) is 2. The average molecular weight is 619 g/mol. The topological polar surface area (TPSA) is 59.0 Å². The van der Waals surface area contributed by atoms with Crippen molar-refractivity contribution in [3.8, 4) is 5.69 Å². The molecule has 1 aromatic carbocycles. The van der Waals surface area contributed by atoms with E-state index in [-0.39, 0.29) is 18.2 Å². The number of imidazole rings is 1. The third-order valence-electron chi connectivity index (χ3n) is 7.67. The van der Waals surface area contributed by atoms with Gasteiger partial charge in [0.15, 0.2) is 0 Å². The number of carbonyl (C=O) groups is 1. The fraction of sp³-hybridized carbons (Fsp3) is 0.382. The van der Waals surface area contributed by atoms with Crippen molar-refractivity contribution in [1.82, 2.24) is 4.57 Å². The largest absolute Gasteiger partial charge is 0.466 e. The minimum atomic E-state index is -2.23. The van der Waals surface area contributed by atoms with E-state index >= 15 is 0 Å². The van der Waals surface area contributed by atoms with E-state index < -0.39 is 46.2 Å². The highest BCUT2D eigenvalue weighted by atomic mass is 19.2. The zero-order valence-electron chi connectivity index (χ0n) is 26.1. The molecule has 0 amide bonds. The summed E-state index contributed by atoms with van der Waals surface area (Å²) >= 11 is 0. The highest BCUT2D eigenvalue weighted by molar-refractivity contribution is 5.89. The number of ether oxygens (including phenoxy) is 1. The summed E-state index contributed by atoms with van der Waals surface area (Å²) in [5.74, 6) is -10.9. The third-order valence-corrected chi connectivity index (χ3v) is 7.67. The summed E-state index contributed by atoms with van der Waals surface area (Å²) < 4.78 is 79.6. The number of allylic oxidation sites excluding steroid dienone is 9. The molecule has 238 valence electrons. The summed E-state index contributed by atoms with van der Waals surface area (Å²) in [4.78, 5) is 12.7. The zero-order chi connectivity index (χ0) is 33.0. The van der Waals surface area contributed by atoms with Crippen LogP contribution in [-0.4, -0.2) is 23.9 Å². The smallest absolute Gasteiger partial charge is 0.333 e. The van der Waals surface area contributed by atoms with Crippen LogP contribution in [0.5, 0.6) is 0 Å². The lowest BCUT2D eigenvalue weighted by atomic mass is 9.63. The number of carbonyl (C=O) groups excluding carboxylic acids is 1. The fourth-order valence-electron chi connectivity index (χ4n) is 5.24. The molecule has 1 N–H and O–H groups in total. The lowest BCUT2D eigenvalue weighted by Gasteiger charge is -2.39. The highest BCUT2D eigenvalue weighted by Crippen LogP contribution is 2.49. The molecule has 2 aromatic rings. The molecule has 0 saturated carbocycles. The van der Waals surface area contributed by atoms with Gasteiger partial charge in [0.1, 0.15) is 12.4 Å². The van der Waals surface area contributed by atoms with Crippen molar-refractivity contribution in [2.24, 2.45) is 18.4 Å². The van der Waals surface area contributed by atoms with Gasteiger partial charge in [0.2, 0.25) is 34.8 Å². The summed E-state index contributed by atoms with van der Waals surface area (Å²) in [7, 11) is 2.88. The van der Waals surface area contributed by atoms with E-state index in [1.165, 1.54) is 38.4 Å². The Hall–Kier alpha value is -4.08. The van der Waals surface area contributed by atoms with Crippen molar-refractivity contribution in [3.63, 3.8) is 0 Å². The molecular formula is C34H41F5N3O2+. The van der Waals surface area contributed by atoms with Crippen molar-refractivity contribution in [3.05, 3.63) is 101 Å². The molecule has 0 radical (unpaired) electrons. The Morgan fingerprint density at radius 2 is 1.68 bits per heavy atom. The first-order chi connectivity index (χ1) is 21.0. The normalized spacial score (nSPS) is 16.5. The van der Waals surface area contributed by atoms with Gasteiger partial charge in [-0.2, -0.15) is 13.3 Å². The monoisotopic (exact) mass is 618 g/mol. The van der Waals surface area contributed by atoms with E-state index in [0.29, 0.717) is 24.0 Å². The van der Waals surface area contributed by atoms with Crippen LogP contribution >= 0.6 is 0 Å². The van der Waals surface area contributed by atoms with E-state index in [9.17, 15) is 26.7 Å². The van der Waals surface area contributed by atoms with Crippen molar-refractivity contribution in [2.45, 2.75) is 59.8 Å². The molecule has 1 heterocycles. The Kier molecular flexibility index (Phi) is 13.7. The lowest BCUT2D eigenvalue weighted by molar-refractivity contribution is -0.673. The second-order valence-corrected chi connectivity index (χ2v) is 10.4. The minimum Gasteiger partial charge on any atom is -0.466 e. The van der Waals surface area contributed by atoms with Crippen molar-refractivity contribution < 1.29 is 36.1 Å². The number of rotatable bonds is 11. The van der Waals surface area contributed by atoms with Crippen molar-refractivity contribution >= 4 is 17.8 Å². The van der Waals surface area contributed by atoms with Crippen LogP contribution < -0.4 is 4.57 Å². The molecule has 10 heteroatoms. The molecule has 0 fully saturated rings. The van der Waals surface area contributed by atoms with Crippen LogP contribution in [0.1, 0.15) is 65.6 Å². The summed E-state index contributed by atoms with van der Waals surface area (Å²) in [6.45, 7) is 8.14. The third kappa shape index (κ3) is 7.70. The first-order valence-electron chi connectivity index (χ1n) is 14.5. The van der Waals surface area contributed by atoms with Gasteiger partial charge >= 0.3 is 5.97 Å². The standard InChI is InChI=1S/C30H31F5N3O2.C4H10/c1-5-14-30(6-2,18-19(29(39)40-4)11-9-10-15-36)21-13-8-7-12-20(21)28-37(3)16-17-38(28)27-25(34)23(32)22(31)24(33)26(27)35;1-3-4-2/h5,7-12,14-17,21,36H,6,13,18H2,1-4H3;3-4H2,1-2H3/q+1;/b10-9-,14-5?,19-11+,36-15?;/t21?,30-;/m1./s1. The Morgan fingerprint density at radius 1 is 1.07 bits per heavy atom. The molecule has 0 bridgehead atoms. The van der Waals surface area contributed by atoms with E-state index in [1.54, 1.807) is 35.9 Å². The molecule has 1 aliphatic rings. The van der Waals surface area contributed by atoms with Gasteiger partial charge in [0.05, 0.1) is 14.2 Å². The Morgan fingerprint density at radius 3 is 2.20 bits per heavy atom. The van der Waals surface area contributed by atoms with Gasteiger partial charge in [-0.25, -0.2) is 22.5 Å². The van der Waals surface area contributed by atoms with Gasteiger partial charge in [-0.1, -0.05) is 76.1 Å². The zero-order valence-corrected chi connectivity index (χ0v) is 26.1. The van der Waals surface area contributed by atoms with Gasteiger partial charge in [-0.15, -0.1) is 0 Å². The maximum Gasteiger partial charge on any atom is 0.333 e. The first kappa shape index (κ1) is 36.1. The summed E-state index contributed by atoms with van der Waals surface area (Å²) in [6.07, 6.45) is 21.5. The van der Waals surface area contributed by atoms with Crippen LogP contribution in [0, 0.1) is 45.8 Å². The Labute approximate surface area is 256 Å². The molecular weight excluding hydrogens is 577 g/mol. The van der Waals surface area contributed by atoms with Gasteiger partial charge < -0.3 is 10.1 Å². The molecule has 0 spiro atoms. The van der Waals surface area contributed by atoms with E-state index in [0.717, 1.165) is 10.8 Å². The minimum absolute atomic E-state index is 0.214. The number of hydrogen-bond acceptors (Lipinski definition) is 3. The van der Waals surface area contributed by atoms with Crippen LogP contribution in [0.4, 0.5) is 22.0 Å². The number of nitrogens with one attached hydrogen (secondary N) is 1. The van der Waals surface area contributed by atoms with Crippen LogP contribution in [0.3, 0.4) is 0 Å². The number of aromatic nitrogens is 2. The lowest BCUT2D eigenvalue weighted by Crippen LogP contribution is -2.38. The Balaban J connectivity index is 0.00000159. The number of benzene rings is 1. The van der Waals surface area contributed by atoms with Gasteiger partial charge in [-0.05, 0) is 37.7 Å². The van der Waals surface area contributed by atoms with E-state index in [4.69, 9.17) is 10.1 Å². The number of halogens is 5. The SMILES string of the molecule is CC=C[C@](CC)(C/C(=C\C=C/C=N)C(=O)OC)C1CC=CC=C1c1n(-c2c(F)c(F)c(F)c(F)c2F)cc[n+]1C.CCCC. The Bertz CT molecular complexity index is 1460. The first-order valence-corrected chi connectivity index (χ1v) is 14.5. The van der Waals surface area contributed by atoms with Crippen LogP contribution in [0.2, 0.25) is 0 Å². The molecule has 44 heavy (non-hydrogen) atoms. The maximum absolute atomic E-state index is 14.9. The molecule has 1 unspecified atom stereocenters. The second-order valence-electron chi connectivity index (χ2n) is 10.4. The molecule has 1 aliphatic carbocycles. The molecule has 0 saturated heterocycles. The number of hydrogen-bond donors (Lipinski definition) is 1. The maximum atomic E-state index is 14.9. The van der Waals surface area contributed by atoms with Gasteiger partial charge in [0.25, 0.3) is 5.82 Å². The molecule has 1 aromatic heterocycles. The number of methoxy groups -OCH3 is 1. The molecule has 2 atom stereocenters. The van der Waals surface area contributed by atoms with Crippen molar-refractivity contribution in [1.29, 1.82) is 5.41 Å². The number of unbranched alkanes of at least 4 members (excludes halogenated alkanes) is 1. The molecule has 0 aliphatic heterocycles. The van der Waals surface area contributed by atoms with Crippen molar-refractivity contribution in [2.75, 3.05) is 7.11 Å². The van der Waals surface area contributed by atoms with E-state index in [2.05, 4.69) is 13.8 Å². The number of aryl methyl sites for hydroxylation is 1. The summed E-state index contributed by atoms with van der Waals surface area (Å²) in [6, 6.07) is 0. The van der Waals surface area contributed by atoms with Crippen LogP contribution in [0.25, 0.3) is 11.3 Å². The molecule has 5 nitrogen and oxygen atoms in total. The number of esters is 1. The molecule has 3 rings (SSSR count). The van der Waals surface area contributed by atoms with Crippen LogP contribution in [-0.2, 0) is 16.6 Å². The second kappa shape index (κ2) is 16.7. The predicted octanol–water partition coefficient (Wildman–Crippen LogP) is 8.43. The fourth-order valence-corrected chi connectivity index (χ4v) is 5.24. The summed E-state index contributed by atoms with van der Waals surface area (Å²) in [5, 5.41) is 7.22. The average Bonchev–Trinajstić information content (AvgIpc) is 3.42. The summed E-state index contributed by atoms with van der Waals surface area (Å²) in [5.41, 5.74) is -0.879. The van der Waals surface area contributed by atoms with E-state index in [1.807, 2.05) is 32.1 Å². The highest BCUT2D eigenvalue weighted by Gasteiger charge is 2.43. The quantitative estimate of drug-likeness (QED) is 0.0316. The van der Waals surface area contributed by atoms with Gasteiger partial charge in [-0.3, -0.25) is 0 Å². The predicted molar refractivity (Wildman–Crippen MR) is 163 cm³/mol.